The van der Waals surface area contributed by atoms with Crippen molar-refractivity contribution in [3.63, 3.8) is 0 Å². The average Bonchev–Trinajstić information content (AvgIpc) is 1.79. The van der Waals surface area contributed by atoms with Crippen LogP contribution in [0, 0.1) is 5.92 Å². The van der Waals surface area contributed by atoms with Crippen LogP contribution >= 0.6 is 0 Å². The van der Waals surface area contributed by atoms with Gasteiger partial charge in [0.25, 0.3) is 0 Å². The van der Waals surface area contributed by atoms with Gasteiger partial charge in [-0.2, -0.15) is 0 Å². The third-order valence-corrected chi connectivity index (χ3v) is 2.66. The van der Waals surface area contributed by atoms with Gasteiger partial charge in [-0.1, -0.05) is 25.0 Å². The minimum atomic E-state index is 0.866. The van der Waals surface area contributed by atoms with Crippen LogP contribution in [0.2, 0.25) is 0 Å². The Balaban J connectivity index is 2.25. The van der Waals surface area contributed by atoms with Crippen LogP contribution in [-0.4, -0.2) is 0 Å². The topological polar surface area (TPSA) is 0 Å². The van der Waals surface area contributed by atoms with Gasteiger partial charge in [-0.05, 0) is 44.9 Å². The van der Waals surface area contributed by atoms with Crippen molar-refractivity contribution < 1.29 is 0 Å². The van der Waals surface area contributed by atoms with Crippen LogP contribution in [0.15, 0.2) is 11.1 Å². The summed E-state index contributed by atoms with van der Waals surface area (Å²) < 4.78 is 0. The maximum absolute atomic E-state index is 2.32. The van der Waals surface area contributed by atoms with Crippen molar-refractivity contribution in [3.8, 4) is 0 Å². The van der Waals surface area contributed by atoms with Gasteiger partial charge in [-0.15, -0.1) is 0 Å². The Labute approximate surface area is 70.7 Å². The van der Waals surface area contributed by atoms with Crippen molar-refractivity contribution in [1.29, 1.82) is 0 Å². The summed E-state index contributed by atoms with van der Waals surface area (Å²) in [6.07, 6.45) is 6.94. The standard InChI is InChI=1S/C11H20/c1-9(2)7-8-10(3)11-5-4-6-11/h9H,4-8H2,1-3H3. The summed E-state index contributed by atoms with van der Waals surface area (Å²) >= 11 is 0. The van der Waals surface area contributed by atoms with Crippen LogP contribution in [0.25, 0.3) is 0 Å². The lowest BCUT2D eigenvalue weighted by Gasteiger charge is -2.20. The van der Waals surface area contributed by atoms with Gasteiger partial charge in [0.1, 0.15) is 0 Å². The summed E-state index contributed by atoms with van der Waals surface area (Å²) in [6, 6.07) is 0. The van der Waals surface area contributed by atoms with Crippen molar-refractivity contribution in [2.45, 2.75) is 52.9 Å². The Hall–Kier alpha value is -0.260. The molecule has 0 N–H and O–H groups in total. The maximum Gasteiger partial charge on any atom is -0.0315 e. The molecule has 0 saturated heterocycles. The molecule has 1 aliphatic carbocycles. The molecule has 11 heavy (non-hydrogen) atoms. The molecule has 0 radical (unpaired) electrons. The first kappa shape index (κ1) is 8.83. The highest BCUT2D eigenvalue weighted by atomic mass is 14.2. The smallest absolute Gasteiger partial charge is 0.0315 e. The summed E-state index contributed by atoms with van der Waals surface area (Å²) in [7, 11) is 0. The minimum absolute atomic E-state index is 0.866. The normalized spacial score (nSPS) is 16.9. The molecule has 0 spiro atoms. The van der Waals surface area contributed by atoms with E-state index in [0.717, 1.165) is 5.92 Å². The summed E-state index contributed by atoms with van der Waals surface area (Å²) in [5, 5.41) is 0. The van der Waals surface area contributed by atoms with Gasteiger partial charge in [0.05, 0.1) is 0 Å². The molecule has 0 amide bonds. The van der Waals surface area contributed by atoms with Crippen LogP contribution in [0.3, 0.4) is 0 Å². The highest BCUT2D eigenvalue weighted by Crippen LogP contribution is 2.30. The second-order valence-corrected chi connectivity index (χ2v) is 4.17. The monoisotopic (exact) mass is 152 g/mol. The fourth-order valence-electron chi connectivity index (χ4n) is 1.46. The van der Waals surface area contributed by atoms with Gasteiger partial charge in [0, 0.05) is 0 Å². The molecule has 0 unspecified atom stereocenters. The van der Waals surface area contributed by atoms with Crippen molar-refractivity contribution in [2.75, 3.05) is 0 Å². The molecule has 0 aromatic carbocycles. The minimum Gasteiger partial charge on any atom is -0.0741 e. The van der Waals surface area contributed by atoms with Crippen molar-refractivity contribution >= 4 is 0 Å². The summed E-state index contributed by atoms with van der Waals surface area (Å²) in [6.45, 7) is 6.92. The van der Waals surface area contributed by atoms with E-state index in [4.69, 9.17) is 0 Å². The lowest BCUT2D eigenvalue weighted by Crippen LogP contribution is -2.01. The van der Waals surface area contributed by atoms with Crippen LogP contribution < -0.4 is 0 Å². The van der Waals surface area contributed by atoms with E-state index in [1.807, 2.05) is 0 Å². The quantitative estimate of drug-likeness (QED) is 0.538. The maximum atomic E-state index is 2.32. The highest BCUT2D eigenvalue weighted by molar-refractivity contribution is 5.17. The molecule has 0 nitrogen and oxygen atoms in total. The molecule has 1 saturated carbocycles. The molecule has 0 aromatic rings. The second kappa shape index (κ2) is 3.94. The number of rotatable bonds is 3. The predicted octanol–water partition coefficient (Wildman–Crippen LogP) is 3.92. The first-order valence-electron chi connectivity index (χ1n) is 4.87. The molecule has 1 rings (SSSR count). The Morgan fingerprint density at radius 3 is 2.36 bits per heavy atom. The van der Waals surface area contributed by atoms with Crippen LogP contribution in [0.5, 0.6) is 0 Å². The zero-order valence-electron chi connectivity index (χ0n) is 8.11. The van der Waals surface area contributed by atoms with Crippen LogP contribution in [-0.2, 0) is 0 Å². The lowest BCUT2D eigenvalue weighted by molar-refractivity contribution is 0.568. The summed E-state index contributed by atoms with van der Waals surface area (Å²) in [4.78, 5) is 0. The Kier molecular flexibility index (Phi) is 3.16. The van der Waals surface area contributed by atoms with E-state index in [2.05, 4.69) is 20.8 Å². The van der Waals surface area contributed by atoms with E-state index in [1.165, 1.54) is 32.1 Å². The first-order valence-corrected chi connectivity index (χ1v) is 4.87. The number of hydrogen-bond acceptors (Lipinski definition) is 0. The Morgan fingerprint density at radius 2 is 2.00 bits per heavy atom. The first-order chi connectivity index (χ1) is 5.20. The lowest BCUT2D eigenvalue weighted by atomic mass is 9.86. The third kappa shape index (κ3) is 2.69. The van der Waals surface area contributed by atoms with Gasteiger partial charge < -0.3 is 0 Å². The van der Waals surface area contributed by atoms with Gasteiger partial charge >= 0.3 is 0 Å². The largest absolute Gasteiger partial charge is 0.0741 e. The summed E-state index contributed by atoms with van der Waals surface area (Å²) in [5.74, 6) is 0.866. The van der Waals surface area contributed by atoms with E-state index in [-0.39, 0.29) is 0 Å². The molecular weight excluding hydrogens is 132 g/mol. The predicted molar refractivity (Wildman–Crippen MR) is 50.6 cm³/mol. The Morgan fingerprint density at radius 1 is 1.36 bits per heavy atom. The molecule has 0 aromatic heterocycles. The fraction of sp³-hybridized carbons (Fsp3) is 0.818. The molecule has 0 aliphatic heterocycles. The fourth-order valence-corrected chi connectivity index (χ4v) is 1.46. The van der Waals surface area contributed by atoms with E-state index < -0.39 is 0 Å². The molecule has 1 fully saturated rings. The van der Waals surface area contributed by atoms with E-state index in [0.29, 0.717) is 0 Å². The zero-order chi connectivity index (χ0) is 8.27. The van der Waals surface area contributed by atoms with Crippen molar-refractivity contribution in [2.24, 2.45) is 5.92 Å². The summed E-state index contributed by atoms with van der Waals surface area (Å²) in [5.41, 5.74) is 3.44. The zero-order valence-corrected chi connectivity index (χ0v) is 8.11. The molecule has 1 aliphatic rings. The van der Waals surface area contributed by atoms with E-state index in [9.17, 15) is 0 Å². The third-order valence-electron chi connectivity index (χ3n) is 2.66. The molecule has 0 atom stereocenters. The molecular formula is C11H20. The SMILES string of the molecule is CC(CCC(C)C)=C1CCC1. The van der Waals surface area contributed by atoms with Crippen molar-refractivity contribution in [3.05, 3.63) is 11.1 Å². The molecule has 0 bridgehead atoms. The van der Waals surface area contributed by atoms with Gasteiger partial charge in [0.15, 0.2) is 0 Å². The van der Waals surface area contributed by atoms with Crippen LogP contribution in [0.1, 0.15) is 52.9 Å². The second-order valence-electron chi connectivity index (χ2n) is 4.17. The molecule has 64 valence electrons. The van der Waals surface area contributed by atoms with Gasteiger partial charge in [-0.3, -0.25) is 0 Å². The Bertz CT molecular complexity index is 145. The highest BCUT2D eigenvalue weighted by Gasteiger charge is 2.11. The van der Waals surface area contributed by atoms with Gasteiger partial charge in [-0.25, -0.2) is 0 Å². The molecule has 0 heterocycles. The average molecular weight is 152 g/mol. The number of hydrogen-bond donors (Lipinski definition) is 0. The molecule has 0 heteroatoms. The van der Waals surface area contributed by atoms with E-state index >= 15 is 0 Å². The van der Waals surface area contributed by atoms with E-state index in [1.54, 1.807) is 11.1 Å². The van der Waals surface area contributed by atoms with Crippen molar-refractivity contribution in [1.82, 2.24) is 0 Å². The van der Waals surface area contributed by atoms with Crippen LogP contribution in [0.4, 0.5) is 0 Å². The van der Waals surface area contributed by atoms with Gasteiger partial charge in [0.2, 0.25) is 0 Å². The number of allylic oxidation sites excluding steroid dienone is 2.